The number of nitrogens with one attached hydrogen (secondary N) is 1. The third-order valence-electron chi connectivity index (χ3n) is 3.42. The van der Waals surface area contributed by atoms with Crippen molar-refractivity contribution in [1.29, 1.82) is 0 Å². The summed E-state index contributed by atoms with van der Waals surface area (Å²) in [5.41, 5.74) is 1.09. The molecular formula is C17H19NO6S. The van der Waals surface area contributed by atoms with E-state index in [1.54, 1.807) is 5.38 Å². The van der Waals surface area contributed by atoms with Crippen LogP contribution in [0.25, 0.3) is 0 Å². The van der Waals surface area contributed by atoms with E-state index in [9.17, 15) is 19.8 Å². The molecule has 0 saturated heterocycles. The lowest BCUT2D eigenvalue weighted by atomic mass is 10.1. The first-order chi connectivity index (χ1) is 12.0. The number of esters is 1. The van der Waals surface area contributed by atoms with Gasteiger partial charge in [-0.25, -0.2) is 9.59 Å². The van der Waals surface area contributed by atoms with E-state index in [1.807, 2.05) is 30.3 Å². The summed E-state index contributed by atoms with van der Waals surface area (Å²) >= 11 is 1.10. The van der Waals surface area contributed by atoms with Gasteiger partial charge in [-0.3, -0.25) is 0 Å². The van der Waals surface area contributed by atoms with E-state index in [1.165, 1.54) is 13.2 Å². The van der Waals surface area contributed by atoms with Gasteiger partial charge in [0.15, 0.2) is 0 Å². The molecular weight excluding hydrogens is 346 g/mol. The molecule has 134 valence electrons. The molecule has 8 heteroatoms. The van der Waals surface area contributed by atoms with Gasteiger partial charge in [-0.05, 0) is 17.0 Å². The van der Waals surface area contributed by atoms with E-state index in [2.05, 4.69) is 10.1 Å². The summed E-state index contributed by atoms with van der Waals surface area (Å²) in [5, 5.41) is 24.2. The van der Waals surface area contributed by atoms with Crippen molar-refractivity contribution in [3.63, 3.8) is 0 Å². The number of ether oxygens (including phenoxy) is 2. The van der Waals surface area contributed by atoms with E-state index in [0.29, 0.717) is 0 Å². The summed E-state index contributed by atoms with van der Waals surface area (Å²) in [6.07, 6.45) is -3.36. The van der Waals surface area contributed by atoms with Gasteiger partial charge in [0, 0.05) is 12.1 Å². The largest absolute Gasteiger partial charge is 0.465 e. The summed E-state index contributed by atoms with van der Waals surface area (Å²) in [7, 11) is 1.24. The molecule has 2 atom stereocenters. The molecule has 0 fully saturated rings. The van der Waals surface area contributed by atoms with Crippen LogP contribution in [0.3, 0.4) is 0 Å². The van der Waals surface area contributed by atoms with Gasteiger partial charge in [0.1, 0.15) is 23.7 Å². The Hall–Kier alpha value is -2.42. The molecule has 3 N–H and O–H groups in total. The van der Waals surface area contributed by atoms with Crippen LogP contribution in [0.2, 0.25) is 0 Å². The second-order valence-corrected chi connectivity index (χ2v) is 6.07. The van der Waals surface area contributed by atoms with E-state index < -0.39 is 24.3 Å². The number of hydrogen-bond donors (Lipinski definition) is 3. The molecule has 1 heterocycles. The van der Waals surface area contributed by atoms with Gasteiger partial charge in [-0.2, -0.15) is 0 Å². The zero-order chi connectivity index (χ0) is 18.2. The van der Waals surface area contributed by atoms with Gasteiger partial charge >= 0.3 is 12.1 Å². The average Bonchev–Trinajstić information content (AvgIpc) is 3.13. The first kappa shape index (κ1) is 18.9. The van der Waals surface area contributed by atoms with E-state index in [0.717, 1.165) is 16.9 Å². The SMILES string of the molecule is COC(=O)c1sccc1C(O)C(O)CNC(=O)OCc1ccccc1. The van der Waals surface area contributed by atoms with Crippen LogP contribution in [0.15, 0.2) is 41.8 Å². The van der Waals surface area contributed by atoms with Crippen LogP contribution in [-0.2, 0) is 16.1 Å². The molecule has 0 radical (unpaired) electrons. The van der Waals surface area contributed by atoms with Crippen LogP contribution < -0.4 is 5.32 Å². The minimum Gasteiger partial charge on any atom is -0.465 e. The average molecular weight is 365 g/mol. The van der Waals surface area contributed by atoms with Gasteiger partial charge in [-0.1, -0.05) is 30.3 Å². The number of benzene rings is 1. The Morgan fingerprint density at radius 1 is 1.20 bits per heavy atom. The zero-order valence-corrected chi connectivity index (χ0v) is 14.4. The quantitative estimate of drug-likeness (QED) is 0.647. The summed E-state index contributed by atoms with van der Waals surface area (Å²) in [5.74, 6) is -0.591. The van der Waals surface area contributed by atoms with Crippen molar-refractivity contribution < 1.29 is 29.3 Å². The minimum atomic E-state index is -1.34. The van der Waals surface area contributed by atoms with Crippen molar-refractivity contribution in [2.75, 3.05) is 13.7 Å². The van der Waals surface area contributed by atoms with Crippen LogP contribution in [-0.4, -0.2) is 42.0 Å². The van der Waals surface area contributed by atoms with Gasteiger partial charge in [0.2, 0.25) is 0 Å². The number of alkyl carbamates (subject to hydrolysis) is 1. The molecule has 2 rings (SSSR count). The molecule has 1 aromatic carbocycles. The van der Waals surface area contributed by atoms with Crippen LogP contribution in [0.5, 0.6) is 0 Å². The molecule has 25 heavy (non-hydrogen) atoms. The third kappa shape index (κ3) is 5.28. The summed E-state index contributed by atoms with van der Waals surface area (Å²) in [4.78, 5) is 23.5. The maximum absolute atomic E-state index is 11.7. The smallest absolute Gasteiger partial charge is 0.407 e. The van der Waals surface area contributed by atoms with E-state index in [4.69, 9.17) is 4.74 Å². The van der Waals surface area contributed by atoms with Crippen molar-refractivity contribution >= 4 is 23.4 Å². The van der Waals surface area contributed by atoms with Crippen molar-refractivity contribution in [3.05, 3.63) is 57.8 Å². The number of carbonyl (C=O) groups excluding carboxylic acids is 2. The third-order valence-corrected chi connectivity index (χ3v) is 4.33. The number of thiophene rings is 1. The number of hydrogen-bond acceptors (Lipinski definition) is 7. The Labute approximate surface area is 148 Å². The van der Waals surface area contributed by atoms with Crippen LogP contribution >= 0.6 is 11.3 Å². The lowest BCUT2D eigenvalue weighted by Crippen LogP contribution is -2.36. The summed E-state index contributed by atoms with van der Waals surface area (Å²) < 4.78 is 9.64. The fourth-order valence-corrected chi connectivity index (χ4v) is 2.95. The highest BCUT2D eigenvalue weighted by Gasteiger charge is 2.25. The molecule has 7 nitrogen and oxygen atoms in total. The number of carbonyl (C=O) groups is 2. The highest BCUT2D eigenvalue weighted by Crippen LogP contribution is 2.26. The predicted octanol–water partition coefficient (Wildman–Crippen LogP) is 1.86. The van der Waals surface area contributed by atoms with Crippen molar-refractivity contribution in [2.45, 2.75) is 18.8 Å². The first-order valence-corrected chi connectivity index (χ1v) is 8.37. The van der Waals surface area contributed by atoms with Crippen LogP contribution in [0.4, 0.5) is 4.79 Å². The molecule has 0 bridgehead atoms. The fraction of sp³-hybridized carbons (Fsp3) is 0.294. The predicted molar refractivity (Wildman–Crippen MR) is 91.3 cm³/mol. The standard InChI is InChI=1S/C17H19NO6S/c1-23-16(21)15-12(7-8-25-15)14(20)13(19)9-18-17(22)24-10-11-5-3-2-4-6-11/h2-8,13-14,19-20H,9-10H2,1H3,(H,18,22). The Kier molecular flexibility index (Phi) is 6.93. The molecule has 0 aliphatic heterocycles. The van der Waals surface area contributed by atoms with Crippen molar-refractivity contribution in [3.8, 4) is 0 Å². The number of aliphatic hydroxyl groups excluding tert-OH is 2. The maximum atomic E-state index is 11.7. The number of aliphatic hydroxyl groups is 2. The van der Waals surface area contributed by atoms with E-state index in [-0.39, 0.29) is 23.6 Å². The molecule has 1 amide bonds. The van der Waals surface area contributed by atoms with E-state index >= 15 is 0 Å². The highest BCUT2D eigenvalue weighted by atomic mass is 32.1. The highest BCUT2D eigenvalue weighted by molar-refractivity contribution is 7.12. The molecule has 0 aliphatic carbocycles. The Morgan fingerprint density at radius 2 is 1.92 bits per heavy atom. The topological polar surface area (TPSA) is 105 Å². The molecule has 2 aromatic rings. The summed E-state index contributed by atoms with van der Waals surface area (Å²) in [6, 6.07) is 10.7. The molecule has 0 saturated carbocycles. The lowest BCUT2D eigenvalue weighted by molar-refractivity contribution is 0.0175. The van der Waals surface area contributed by atoms with Crippen LogP contribution in [0.1, 0.15) is 26.9 Å². The number of methoxy groups -OCH3 is 1. The Bertz CT molecular complexity index is 702. The first-order valence-electron chi connectivity index (χ1n) is 7.49. The van der Waals surface area contributed by atoms with Gasteiger partial charge in [-0.15, -0.1) is 11.3 Å². The molecule has 2 unspecified atom stereocenters. The van der Waals surface area contributed by atoms with Gasteiger partial charge < -0.3 is 25.0 Å². The monoisotopic (exact) mass is 365 g/mol. The fourth-order valence-electron chi connectivity index (χ4n) is 2.09. The lowest BCUT2D eigenvalue weighted by Gasteiger charge is -2.18. The van der Waals surface area contributed by atoms with Gasteiger partial charge in [0.25, 0.3) is 0 Å². The summed E-state index contributed by atoms with van der Waals surface area (Å²) in [6.45, 7) is -0.131. The molecule has 1 aromatic heterocycles. The number of rotatable bonds is 7. The minimum absolute atomic E-state index is 0.0995. The van der Waals surface area contributed by atoms with Crippen LogP contribution in [0, 0.1) is 0 Å². The normalized spacial score (nSPS) is 12.9. The maximum Gasteiger partial charge on any atom is 0.407 e. The second kappa shape index (κ2) is 9.16. The Morgan fingerprint density at radius 3 is 2.60 bits per heavy atom. The van der Waals surface area contributed by atoms with Crippen molar-refractivity contribution in [2.24, 2.45) is 0 Å². The molecule has 0 aliphatic rings. The molecule has 0 spiro atoms. The Balaban J connectivity index is 1.83. The second-order valence-electron chi connectivity index (χ2n) is 5.15. The number of amides is 1. The zero-order valence-electron chi connectivity index (χ0n) is 13.5. The van der Waals surface area contributed by atoms with Gasteiger partial charge in [0.05, 0.1) is 7.11 Å². The van der Waals surface area contributed by atoms with Crippen molar-refractivity contribution in [1.82, 2.24) is 5.32 Å².